The Bertz CT molecular complexity index is 729. The second-order valence-corrected chi connectivity index (χ2v) is 7.10. The van der Waals surface area contributed by atoms with Gasteiger partial charge >= 0.3 is 0 Å². The smallest absolute Gasteiger partial charge is 0.233 e. The fraction of sp³-hybridized carbons (Fsp3) is 0.500. The van der Waals surface area contributed by atoms with Crippen LogP contribution in [0.3, 0.4) is 0 Å². The fourth-order valence-electron chi connectivity index (χ4n) is 2.92. The molecule has 0 bridgehead atoms. The van der Waals surface area contributed by atoms with Gasteiger partial charge in [-0.2, -0.15) is 0 Å². The number of anilines is 1. The van der Waals surface area contributed by atoms with Gasteiger partial charge in [0.15, 0.2) is 5.16 Å². The van der Waals surface area contributed by atoms with E-state index >= 15 is 0 Å². The van der Waals surface area contributed by atoms with E-state index in [1.54, 1.807) is 20.5 Å². The van der Waals surface area contributed by atoms with Crippen LogP contribution in [0.1, 0.15) is 0 Å². The largest absolute Gasteiger partial charge is 0.497 e. The number of hydrogen-bond donors (Lipinski definition) is 0. The highest BCUT2D eigenvalue weighted by molar-refractivity contribution is 7.99. The first-order valence-corrected chi connectivity index (χ1v) is 9.86. The third-order valence-electron chi connectivity index (χ3n) is 4.51. The molecule has 3 rings (SSSR count). The van der Waals surface area contributed by atoms with Gasteiger partial charge in [0.1, 0.15) is 12.1 Å². The Morgan fingerprint density at radius 1 is 1.15 bits per heavy atom. The van der Waals surface area contributed by atoms with Crippen molar-refractivity contribution in [3.05, 3.63) is 30.6 Å². The molecule has 1 saturated heterocycles. The van der Waals surface area contributed by atoms with E-state index in [1.165, 1.54) is 11.8 Å². The molecule has 0 N–H and O–H groups in total. The molecule has 1 aliphatic heterocycles. The molecule has 0 radical (unpaired) electrons. The average Bonchev–Trinajstić information content (AvgIpc) is 3.18. The standard InChI is InChI=1S/C18H25N5O3S/c1-25-12-11-23-14-19-20-18(23)27-13-17(24)22-9-7-21(8-10-22)15-3-5-16(26-2)6-4-15/h3-6,14H,7-13H2,1-2H3. The van der Waals surface area contributed by atoms with Gasteiger partial charge in [-0.3, -0.25) is 4.79 Å². The molecule has 0 spiro atoms. The van der Waals surface area contributed by atoms with Crippen molar-refractivity contribution in [2.75, 3.05) is 57.7 Å². The summed E-state index contributed by atoms with van der Waals surface area (Å²) in [6.07, 6.45) is 1.67. The van der Waals surface area contributed by atoms with E-state index in [0.29, 0.717) is 18.9 Å². The first-order valence-electron chi connectivity index (χ1n) is 8.87. The maximum atomic E-state index is 12.5. The van der Waals surface area contributed by atoms with Crippen molar-refractivity contribution in [3.63, 3.8) is 0 Å². The minimum Gasteiger partial charge on any atom is -0.497 e. The topological polar surface area (TPSA) is 72.7 Å². The van der Waals surface area contributed by atoms with Crippen LogP contribution in [0, 0.1) is 0 Å². The molecule has 146 valence electrons. The molecule has 2 aromatic rings. The van der Waals surface area contributed by atoms with Gasteiger partial charge in [0.25, 0.3) is 0 Å². The van der Waals surface area contributed by atoms with Crippen molar-refractivity contribution in [3.8, 4) is 5.75 Å². The lowest BCUT2D eigenvalue weighted by molar-refractivity contribution is -0.128. The van der Waals surface area contributed by atoms with Crippen molar-refractivity contribution in [2.45, 2.75) is 11.7 Å². The van der Waals surface area contributed by atoms with Crippen LogP contribution in [0.15, 0.2) is 35.7 Å². The number of carbonyl (C=O) groups excluding carboxylic acids is 1. The number of aromatic nitrogens is 3. The zero-order chi connectivity index (χ0) is 19.1. The summed E-state index contributed by atoms with van der Waals surface area (Å²) < 4.78 is 12.2. The maximum Gasteiger partial charge on any atom is 0.233 e. The Kier molecular flexibility index (Phi) is 6.94. The molecule has 8 nitrogen and oxygen atoms in total. The van der Waals surface area contributed by atoms with Crippen molar-refractivity contribution in [1.82, 2.24) is 19.7 Å². The van der Waals surface area contributed by atoms with E-state index in [-0.39, 0.29) is 5.91 Å². The minimum atomic E-state index is 0.135. The predicted molar refractivity (Wildman–Crippen MR) is 104 cm³/mol. The first kappa shape index (κ1) is 19.5. The zero-order valence-corrected chi connectivity index (χ0v) is 16.5. The summed E-state index contributed by atoms with van der Waals surface area (Å²) in [5.74, 6) is 1.35. The van der Waals surface area contributed by atoms with E-state index in [0.717, 1.165) is 42.8 Å². The van der Waals surface area contributed by atoms with Crippen LogP contribution in [0.2, 0.25) is 0 Å². The molecular formula is C18H25N5O3S. The molecule has 9 heteroatoms. The summed E-state index contributed by atoms with van der Waals surface area (Å²) in [6, 6.07) is 8.03. The van der Waals surface area contributed by atoms with Crippen molar-refractivity contribution in [2.24, 2.45) is 0 Å². The summed E-state index contributed by atoms with van der Waals surface area (Å²) in [5, 5.41) is 8.75. The Balaban J connectivity index is 1.46. The predicted octanol–water partition coefficient (Wildman–Crippen LogP) is 1.37. The fourth-order valence-corrected chi connectivity index (χ4v) is 3.77. The number of nitrogens with zero attached hydrogens (tertiary/aromatic N) is 5. The van der Waals surface area contributed by atoms with Crippen LogP contribution in [0.25, 0.3) is 0 Å². The molecule has 27 heavy (non-hydrogen) atoms. The molecule has 0 aliphatic carbocycles. The number of ether oxygens (including phenoxy) is 2. The van der Waals surface area contributed by atoms with Crippen LogP contribution in [-0.4, -0.2) is 78.3 Å². The molecule has 1 aliphatic rings. The number of thioether (sulfide) groups is 1. The Hall–Kier alpha value is -2.26. The molecule has 0 saturated carbocycles. The van der Waals surface area contributed by atoms with E-state index in [9.17, 15) is 4.79 Å². The monoisotopic (exact) mass is 391 g/mol. The van der Waals surface area contributed by atoms with Gasteiger partial charge < -0.3 is 23.8 Å². The van der Waals surface area contributed by atoms with Crippen molar-refractivity contribution >= 4 is 23.4 Å². The molecule has 1 amide bonds. The van der Waals surface area contributed by atoms with E-state index < -0.39 is 0 Å². The third-order valence-corrected chi connectivity index (χ3v) is 5.48. The van der Waals surface area contributed by atoms with Crippen LogP contribution in [0.4, 0.5) is 5.69 Å². The van der Waals surface area contributed by atoms with Crippen LogP contribution in [0.5, 0.6) is 5.75 Å². The second-order valence-electron chi connectivity index (χ2n) is 6.15. The van der Waals surface area contributed by atoms with Gasteiger partial charge in [0.05, 0.1) is 19.5 Å². The Labute approximate surface area is 163 Å². The van der Waals surface area contributed by atoms with Gasteiger partial charge in [-0.1, -0.05) is 11.8 Å². The number of rotatable bonds is 8. The SMILES string of the molecule is COCCn1cnnc1SCC(=O)N1CCN(c2ccc(OC)cc2)CC1. The average molecular weight is 391 g/mol. The van der Waals surface area contributed by atoms with Crippen LogP contribution < -0.4 is 9.64 Å². The summed E-state index contributed by atoms with van der Waals surface area (Å²) in [4.78, 5) is 16.7. The number of amides is 1. The van der Waals surface area contributed by atoms with Gasteiger partial charge in [-0.05, 0) is 24.3 Å². The summed E-state index contributed by atoms with van der Waals surface area (Å²) in [7, 11) is 3.32. The molecule has 0 atom stereocenters. The Morgan fingerprint density at radius 3 is 2.56 bits per heavy atom. The van der Waals surface area contributed by atoms with Crippen LogP contribution in [-0.2, 0) is 16.1 Å². The lowest BCUT2D eigenvalue weighted by atomic mass is 10.2. The van der Waals surface area contributed by atoms with Crippen molar-refractivity contribution in [1.29, 1.82) is 0 Å². The summed E-state index contributed by atoms with van der Waals surface area (Å²) >= 11 is 1.42. The molecular weight excluding hydrogens is 366 g/mol. The quantitative estimate of drug-likeness (QED) is 0.630. The maximum absolute atomic E-state index is 12.5. The number of piperazine rings is 1. The highest BCUT2D eigenvalue weighted by Gasteiger charge is 2.22. The minimum absolute atomic E-state index is 0.135. The normalized spacial score (nSPS) is 14.4. The van der Waals surface area contributed by atoms with Gasteiger partial charge in [-0.25, -0.2) is 0 Å². The molecule has 2 heterocycles. The summed E-state index contributed by atoms with van der Waals surface area (Å²) in [6.45, 7) is 4.37. The van der Waals surface area contributed by atoms with E-state index in [4.69, 9.17) is 9.47 Å². The van der Waals surface area contributed by atoms with Gasteiger partial charge in [-0.15, -0.1) is 10.2 Å². The highest BCUT2D eigenvalue weighted by atomic mass is 32.2. The zero-order valence-electron chi connectivity index (χ0n) is 15.7. The molecule has 0 unspecified atom stereocenters. The molecule has 1 aromatic heterocycles. The van der Waals surface area contributed by atoms with Gasteiger partial charge in [0, 0.05) is 45.5 Å². The van der Waals surface area contributed by atoms with Crippen LogP contribution >= 0.6 is 11.8 Å². The number of benzene rings is 1. The van der Waals surface area contributed by atoms with E-state index in [1.807, 2.05) is 21.6 Å². The highest BCUT2D eigenvalue weighted by Crippen LogP contribution is 2.21. The number of hydrogen-bond acceptors (Lipinski definition) is 7. The first-order chi connectivity index (χ1) is 13.2. The second kappa shape index (κ2) is 9.61. The number of methoxy groups -OCH3 is 2. The lowest BCUT2D eigenvalue weighted by Gasteiger charge is -2.36. The van der Waals surface area contributed by atoms with Gasteiger partial charge in [0.2, 0.25) is 5.91 Å². The molecule has 1 aromatic carbocycles. The Morgan fingerprint density at radius 2 is 1.89 bits per heavy atom. The van der Waals surface area contributed by atoms with E-state index in [2.05, 4.69) is 27.2 Å². The lowest BCUT2D eigenvalue weighted by Crippen LogP contribution is -2.49. The third kappa shape index (κ3) is 5.14. The van der Waals surface area contributed by atoms with Crippen molar-refractivity contribution < 1.29 is 14.3 Å². The molecule has 1 fully saturated rings. The number of carbonyl (C=O) groups is 1. The summed E-state index contributed by atoms with van der Waals surface area (Å²) in [5.41, 5.74) is 1.16.